The molecule has 10 heteroatoms. The SMILES string of the molecule is COc1cccc(CC(=O)O)c1OCCCc1cn(-c2ccc(C(F)(F)F)cn2)nc1-c1ccccc1. The highest BCUT2D eigenvalue weighted by molar-refractivity contribution is 5.72. The van der Waals surface area contributed by atoms with Gasteiger partial charge in [0, 0.05) is 23.5 Å². The normalized spacial score (nSPS) is 11.4. The first-order chi connectivity index (χ1) is 17.8. The Morgan fingerprint density at radius 1 is 1.03 bits per heavy atom. The Kier molecular flexibility index (Phi) is 7.76. The number of para-hydroxylation sites is 1. The topological polar surface area (TPSA) is 86.5 Å². The molecule has 1 N–H and O–H groups in total. The summed E-state index contributed by atoms with van der Waals surface area (Å²) in [7, 11) is 1.49. The van der Waals surface area contributed by atoms with E-state index in [4.69, 9.17) is 9.47 Å². The van der Waals surface area contributed by atoms with E-state index in [1.165, 1.54) is 17.9 Å². The largest absolute Gasteiger partial charge is 0.493 e. The van der Waals surface area contributed by atoms with Crippen LogP contribution in [0.4, 0.5) is 13.2 Å². The number of carboxylic acid groups (broad SMARTS) is 1. The number of methoxy groups -OCH3 is 1. The monoisotopic (exact) mass is 511 g/mol. The fourth-order valence-corrected chi connectivity index (χ4v) is 3.86. The van der Waals surface area contributed by atoms with E-state index in [1.54, 1.807) is 24.4 Å². The van der Waals surface area contributed by atoms with Gasteiger partial charge < -0.3 is 14.6 Å². The molecule has 0 aliphatic rings. The second kappa shape index (κ2) is 11.2. The highest BCUT2D eigenvalue weighted by Crippen LogP contribution is 2.32. The number of aromatic nitrogens is 3. The van der Waals surface area contributed by atoms with Crippen LogP contribution in [0, 0.1) is 0 Å². The fourth-order valence-electron chi connectivity index (χ4n) is 3.86. The number of hydrogen-bond acceptors (Lipinski definition) is 5. The first-order valence-electron chi connectivity index (χ1n) is 11.4. The van der Waals surface area contributed by atoms with E-state index >= 15 is 0 Å². The van der Waals surface area contributed by atoms with Crippen LogP contribution in [-0.4, -0.2) is 39.6 Å². The molecule has 0 radical (unpaired) electrons. The van der Waals surface area contributed by atoms with Crippen LogP contribution in [0.15, 0.2) is 73.1 Å². The van der Waals surface area contributed by atoms with Gasteiger partial charge in [0.05, 0.1) is 31.4 Å². The summed E-state index contributed by atoms with van der Waals surface area (Å²) in [5.74, 6) is 0.125. The molecule has 37 heavy (non-hydrogen) atoms. The van der Waals surface area contributed by atoms with Crippen molar-refractivity contribution in [3.63, 3.8) is 0 Å². The average molecular weight is 512 g/mol. The molecule has 4 rings (SSSR count). The summed E-state index contributed by atoms with van der Waals surface area (Å²) >= 11 is 0. The van der Waals surface area contributed by atoms with E-state index < -0.39 is 17.7 Å². The molecule has 7 nitrogen and oxygen atoms in total. The smallest absolute Gasteiger partial charge is 0.417 e. The number of halogens is 3. The molecule has 0 unspecified atom stereocenters. The molecular formula is C27H24F3N3O4. The van der Waals surface area contributed by atoms with Crippen molar-refractivity contribution in [2.45, 2.75) is 25.4 Å². The Bertz CT molecular complexity index is 1350. The highest BCUT2D eigenvalue weighted by atomic mass is 19.4. The Balaban J connectivity index is 1.54. The van der Waals surface area contributed by atoms with Crippen molar-refractivity contribution in [2.24, 2.45) is 0 Å². The Morgan fingerprint density at radius 3 is 2.46 bits per heavy atom. The van der Waals surface area contributed by atoms with Gasteiger partial charge in [-0.25, -0.2) is 9.67 Å². The van der Waals surface area contributed by atoms with Crippen molar-refractivity contribution in [2.75, 3.05) is 13.7 Å². The lowest BCUT2D eigenvalue weighted by atomic mass is 10.0. The van der Waals surface area contributed by atoms with E-state index in [2.05, 4.69) is 10.1 Å². The molecule has 2 heterocycles. The molecule has 2 aromatic carbocycles. The van der Waals surface area contributed by atoms with E-state index in [-0.39, 0.29) is 18.8 Å². The number of rotatable bonds is 10. The summed E-state index contributed by atoms with van der Waals surface area (Å²) in [5.41, 5.74) is 2.09. The molecule has 0 spiro atoms. The van der Waals surface area contributed by atoms with Gasteiger partial charge in [-0.15, -0.1) is 0 Å². The highest BCUT2D eigenvalue weighted by Gasteiger charge is 2.30. The third-order valence-corrected chi connectivity index (χ3v) is 5.61. The van der Waals surface area contributed by atoms with Gasteiger partial charge in [0.25, 0.3) is 0 Å². The van der Waals surface area contributed by atoms with Crippen LogP contribution in [0.1, 0.15) is 23.1 Å². The molecule has 0 atom stereocenters. The van der Waals surface area contributed by atoms with Gasteiger partial charge in [-0.3, -0.25) is 4.79 Å². The maximum absolute atomic E-state index is 12.9. The molecule has 0 saturated heterocycles. The molecule has 0 amide bonds. The van der Waals surface area contributed by atoms with Gasteiger partial charge in [0.1, 0.15) is 0 Å². The van der Waals surface area contributed by atoms with Crippen molar-refractivity contribution in [3.8, 4) is 28.6 Å². The van der Waals surface area contributed by atoms with Crippen LogP contribution in [-0.2, 0) is 23.8 Å². The molecule has 0 fully saturated rings. The van der Waals surface area contributed by atoms with Crippen LogP contribution in [0.5, 0.6) is 11.5 Å². The van der Waals surface area contributed by atoms with Crippen molar-refractivity contribution in [1.82, 2.24) is 14.8 Å². The molecule has 2 aromatic heterocycles. The number of pyridine rings is 1. The lowest BCUT2D eigenvalue weighted by molar-refractivity contribution is -0.138. The quantitative estimate of drug-likeness (QED) is 0.279. The third-order valence-electron chi connectivity index (χ3n) is 5.61. The van der Waals surface area contributed by atoms with Crippen LogP contribution in [0.3, 0.4) is 0 Å². The summed E-state index contributed by atoms with van der Waals surface area (Å²) in [5, 5.41) is 13.8. The number of carbonyl (C=O) groups is 1. The zero-order valence-corrected chi connectivity index (χ0v) is 19.9. The van der Waals surface area contributed by atoms with E-state index in [0.717, 1.165) is 23.4 Å². The van der Waals surface area contributed by atoms with Crippen molar-refractivity contribution in [3.05, 3.63) is 89.7 Å². The molecule has 4 aromatic rings. The van der Waals surface area contributed by atoms with Crippen molar-refractivity contribution in [1.29, 1.82) is 0 Å². The minimum atomic E-state index is -4.47. The number of alkyl halides is 3. The number of aliphatic carboxylic acids is 1. The maximum atomic E-state index is 12.9. The van der Waals surface area contributed by atoms with Gasteiger partial charge in [-0.2, -0.15) is 18.3 Å². The summed E-state index contributed by atoms with van der Waals surface area (Å²) < 4.78 is 51.5. The predicted octanol–water partition coefficient (Wildman–Crippen LogP) is 5.60. The van der Waals surface area contributed by atoms with Crippen LogP contribution in [0.2, 0.25) is 0 Å². The third kappa shape index (κ3) is 6.27. The Labute approximate surface area is 211 Å². The lowest BCUT2D eigenvalue weighted by Gasteiger charge is -2.14. The number of aryl methyl sites for hydroxylation is 1. The van der Waals surface area contributed by atoms with Crippen LogP contribution in [0.25, 0.3) is 17.1 Å². The first kappa shape index (κ1) is 25.7. The number of hydrogen-bond donors (Lipinski definition) is 1. The minimum Gasteiger partial charge on any atom is -0.493 e. The summed E-state index contributed by atoms with van der Waals surface area (Å²) in [6, 6.07) is 16.8. The second-order valence-electron chi connectivity index (χ2n) is 8.19. The number of ether oxygens (including phenoxy) is 2. The molecule has 0 aliphatic carbocycles. The van der Waals surface area contributed by atoms with E-state index in [9.17, 15) is 23.1 Å². The van der Waals surface area contributed by atoms with Gasteiger partial charge in [-0.1, -0.05) is 42.5 Å². The average Bonchev–Trinajstić information content (AvgIpc) is 3.31. The number of carboxylic acids is 1. The van der Waals surface area contributed by atoms with Gasteiger partial charge in [0.2, 0.25) is 0 Å². The molecule has 0 bridgehead atoms. The Morgan fingerprint density at radius 2 is 1.81 bits per heavy atom. The Hall–Kier alpha value is -4.34. The standard InChI is InChI=1S/C27H24F3N3O4/c1-36-22-11-5-9-19(15-24(34)35)26(22)37-14-6-10-20-17-33(32-25(20)18-7-3-2-4-8-18)23-13-12-21(16-31-23)27(28,29)30/h2-5,7-9,11-13,16-17H,6,10,14-15H2,1H3,(H,34,35). The van der Waals surface area contributed by atoms with E-state index in [0.29, 0.717) is 35.6 Å². The van der Waals surface area contributed by atoms with E-state index in [1.807, 2.05) is 30.3 Å². The number of benzene rings is 2. The summed E-state index contributed by atoms with van der Waals surface area (Å²) in [4.78, 5) is 15.2. The fraction of sp³-hybridized carbons (Fsp3) is 0.222. The molecule has 192 valence electrons. The zero-order chi connectivity index (χ0) is 26.4. The zero-order valence-electron chi connectivity index (χ0n) is 19.9. The molecule has 0 saturated carbocycles. The lowest BCUT2D eigenvalue weighted by Crippen LogP contribution is -2.07. The van der Waals surface area contributed by atoms with Crippen LogP contribution < -0.4 is 9.47 Å². The summed E-state index contributed by atoms with van der Waals surface area (Å²) in [6.07, 6.45) is -1.02. The van der Waals surface area contributed by atoms with Gasteiger partial charge in [-0.05, 0) is 36.6 Å². The molecule has 0 aliphatic heterocycles. The van der Waals surface area contributed by atoms with Crippen molar-refractivity contribution < 1.29 is 32.5 Å². The molecular weight excluding hydrogens is 487 g/mol. The van der Waals surface area contributed by atoms with Gasteiger partial charge in [0.15, 0.2) is 17.3 Å². The van der Waals surface area contributed by atoms with Gasteiger partial charge >= 0.3 is 12.1 Å². The first-order valence-corrected chi connectivity index (χ1v) is 11.4. The van der Waals surface area contributed by atoms with Crippen molar-refractivity contribution >= 4 is 5.97 Å². The predicted molar refractivity (Wildman–Crippen MR) is 130 cm³/mol. The minimum absolute atomic E-state index is 0.197. The number of nitrogens with zero attached hydrogens (tertiary/aromatic N) is 3. The summed E-state index contributed by atoms with van der Waals surface area (Å²) in [6.45, 7) is 0.283. The van der Waals surface area contributed by atoms with Crippen LogP contribution >= 0.6 is 0 Å². The second-order valence-corrected chi connectivity index (χ2v) is 8.19. The maximum Gasteiger partial charge on any atom is 0.417 e.